The molecule has 0 bridgehead atoms. The summed E-state index contributed by atoms with van der Waals surface area (Å²) in [6.45, 7) is 1.31. The summed E-state index contributed by atoms with van der Waals surface area (Å²) in [5.41, 5.74) is -10.3. The lowest BCUT2D eigenvalue weighted by molar-refractivity contribution is -0.533. The predicted molar refractivity (Wildman–Crippen MR) is 87.9 cm³/mol. The fourth-order valence-electron chi connectivity index (χ4n) is 2.15. The second-order valence-corrected chi connectivity index (χ2v) is 8.33. The van der Waals surface area contributed by atoms with Crippen molar-refractivity contribution in [2.24, 2.45) is 5.41 Å². The summed E-state index contributed by atoms with van der Waals surface area (Å²) in [5.74, 6) is -5.64. The Morgan fingerprint density at radius 3 is 1.30 bits per heavy atom. The Bertz CT molecular complexity index is 677. The van der Waals surface area contributed by atoms with Crippen molar-refractivity contribution in [2.75, 3.05) is 21.1 Å². The molecule has 0 spiro atoms. The summed E-state index contributed by atoms with van der Waals surface area (Å²) in [7, 11) is 1.16. The summed E-state index contributed by atoms with van der Waals surface area (Å²) < 4.78 is 170. The number of rotatable bonds is 10. The van der Waals surface area contributed by atoms with Crippen molar-refractivity contribution in [3.8, 4) is 0 Å². The zero-order valence-corrected chi connectivity index (χ0v) is 18.7. The van der Waals surface area contributed by atoms with E-state index in [1.807, 2.05) is 0 Å². The molecule has 0 heterocycles. The first-order valence-electron chi connectivity index (χ1n) is 8.76. The normalized spacial score (nSPS) is 17.6. The average Bonchev–Trinajstić information content (AvgIpc) is 2.49. The summed E-state index contributed by atoms with van der Waals surface area (Å²) in [5, 5.41) is -1.40. The van der Waals surface area contributed by atoms with Gasteiger partial charge in [-0.05, 0) is 34.9 Å². The lowest BCUT2D eigenvalue weighted by Gasteiger charge is -2.48. The van der Waals surface area contributed by atoms with Crippen LogP contribution in [0.5, 0.6) is 0 Å². The van der Waals surface area contributed by atoms with E-state index in [4.69, 9.17) is 0 Å². The van der Waals surface area contributed by atoms with Gasteiger partial charge in [-0.2, -0.15) is 39.5 Å². The number of halogens is 12. The molecular weight excluding hydrogens is 496 g/mol. The van der Waals surface area contributed by atoms with Gasteiger partial charge in [-0.3, -0.25) is 14.4 Å². The lowest BCUT2D eigenvalue weighted by atomic mass is 9.71. The van der Waals surface area contributed by atoms with Gasteiger partial charge in [0.05, 0.1) is 11.0 Å². The van der Waals surface area contributed by atoms with Crippen LogP contribution in [0.4, 0.5) is 52.7 Å². The summed E-state index contributed by atoms with van der Waals surface area (Å²) in [6.07, 6.45) is -22.4. The number of hydrogen-bond acceptors (Lipinski definition) is 5. The molecule has 5 nitrogen and oxygen atoms in total. The molecule has 0 N–H and O–H groups in total. The largest absolute Gasteiger partial charge is 0.523 e. The zero-order chi connectivity index (χ0) is 27.3. The molecule has 0 amide bonds. The van der Waals surface area contributed by atoms with Gasteiger partial charge in [-0.15, -0.1) is 13.2 Å². The molecule has 0 aliphatic rings. The molecule has 0 aliphatic carbocycles. The molecule has 0 aromatic heterocycles. The molecule has 0 aromatic rings. The van der Waals surface area contributed by atoms with Gasteiger partial charge in [-0.1, -0.05) is 18.9 Å². The van der Waals surface area contributed by atoms with Crippen molar-refractivity contribution in [2.45, 2.75) is 76.7 Å². The Hall–Kier alpha value is -1.04. The number of hydrogen-bond donors (Lipinski definition) is 0. The van der Waals surface area contributed by atoms with Crippen molar-refractivity contribution in [3.63, 3.8) is 0 Å². The van der Waals surface area contributed by atoms with Gasteiger partial charge in [0, 0.05) is 7.05 Å². The first-order valence-corrected chi connectivity index (χ1v) is 8.76. The maximum Gasteiger partial charge on any atom is 0.523 e. The minimum absolute atomic E-state index is 0.0988. The summed E-state index contributed by atoms with van der Waals surface area (Å²) >= 11 is 0. The Labute approximate surface area is 181 Å². The molecule has 33 heavy (non-hydrogen) atoms. The fraction of sp³-hybridized carbons (Fsp3) is 1.00. The maximum absolute atomic E-state index is 14.6. The van der Waals surface area contributed by atoms with E-state index in [9.17, 15) is 52.7 Å². The molecule has 1 atom stereocenters. The van der Waals surface area contributed by atoms with E-state index in [1.165, 1.54) is 0 Å². The highest BCUT2D eigenvalue weighted by Gasteiger charge is 2.73. The third-order valence-corrected chi connectivity index (χ3v) is 5.35. The van der Waals surface area contributed by atoms with Crippen LogP contribution < -0.4 is 0 Å². The highest BCUT2D eigenvalue weighted by atomic mass is 19.4. The van der Waals surface area contributed by atoms with E-state index in [-0.39, 0.29) is 32.7 Å². The van der Waals surface area contributed by atoms with E-state index in [2.05, 4.69) is 14.3 Å². The number of ether oxygens (including phenoxy) is 2. The van der Waals surface area contributed by atoms with Gasteiger partial charge in [0.25, 0.3) is 0 Å². The number of nitrogens with zero attached hydrogens (tertiary/aromatic N) is 2. The van der Waals surface area contributed by atoms with Gasteiger partial charge in [-0.25, -0.2) is 4.84 Å². The average molecular weight is 520 g/mol. The van der Waals surface area contributed by atoms with Gasteiger partial charge >= 0.3 is 30.8 Å². The van der Waals surface area contributed by atoms with E-state index in [1.54, 1.807) is 0 Å². The molecule has 17 heteroatoms. The lowest BCUT2D eigenvalue weighted by Crippen LogP contribution is -2.65. The molecule has 0 saturated carbocycles. The standard InChI is InChI=1S/C16H24F12N2O3/c1-9(2,10(3,4)31-15(24,25)26)12(17,18)14(22,23)33-30(8)16(27,28)32-11(5,29(6)7)13(19,20)21/h1-8H3. The molecule has 1 unspecified atom stereocenters. The number of alkyl halides is 12. The Morgan fingerprint density at radius 2 is 1.00 bits per heavy atom. The van der Waals surface area contributed by atoms with Crippen LogP contribution in [-0.4, -0.2) is 73.2 Å². The molecular formula is C16H24F12N2O3. The molecule has 0 aliphatic heterocycles. The molecule has 0 fully saturated rings. The van der Waals surface area contributed by atoms with Crippen LogP contribution >= 0.6 is 0 Å². The maximum atomic E-state index is 14.6. The second kappa shape index (κ2) is 8.87. The molecule has 200 valence electrons. The SMILES string of the molecule is CN(OC(F)(F)C(F)(F)C(C)(C)C(C)(C)OC(F)(F)F)C(F)(F)OC(C)(N(C)C)C(F)(F)F. The van der Waals surface area contributed by atoms with Crippen LogP contribution in [0.2, 0.25) is 0 Å². The third kappa shape index (κ3) is 6.35. The van der Waals surface area contributed by atoms with Crippen molar-refractivity contribution in [1.29, 1.82) is 0 Å². The van der Waals surface area contributed by atoms with Crippen LogP contribution in [0.15, 0.2) is 0 Å². The first kappa shape index (κ1) is 32.0. The summed E-state index contributed by atoms with van der Waals surface area (Å²) in [4.78, 5) is 3.37. The van der Waals surface area contributed by atoms with E-state index < -0.39 is 52.6 Å². The van der Waals surface area contributed by atoms with Crippen LogP contribution in [0.1, 0.15) is 34.6 Å². The molecule has 0 rings (SSSR count). The molecule has 0 saturated heterocycles. The van der Waals surface area contributed by atoms with Gasteiger partial charge in [0.15, 0.2) is 0 Å². The third-order valence-electron chi connectivity index (χ3n) is 5.35. The van der Waals surface area contributed by atoms with Crippen molar-refractivity contribution in [1.82, 2.24) is 9.96 Å². The fourth-order valence-corrected chi connectivity index (χ4v) is 2.15. The minimum Gasteiger partial charge on any atom is -0.285 e. The Kier molecular flexibility index (Phi) is 8.59. The van der Waals surface area contributed by atoms with Gasteiger partial charge in [0.2, 0.25) is 5.72 Å². The van der Waals surface area contributed by atoms with Gasteiger partial charge in [0.1, 0.15) is 0 Å². The highest BCUT2D eigenvalue weighted by molar-refractivity contribution is 5.02. The summed E-state index contributed by atoms with van der Waals surface area (Å²) in [6, 6.07) is 0. The van der Waals surface area contributed by atoms with Crippen molar-refractivity contribution in [3.05, 3.63) is 0 Å². The van der Waals surface area contributed by atoms with E-state index in [0.29, 0.717) is 27.9 Å². The Morgan fingerprint density at radius 1 is 0.606 bits per heavy atom. The zero-order valence-electron chi connectivity index (χ0n) is 18.7. The molecule has 0 radical (unpaired) electrons. The van der Waals surface area contributed by atoms with E-state index >= 15 is 0 Å². The smallest absolute Gasteiger partial charge is 0.285 e. The quantitative estimate of drug-likeness (QED) is 0.157. The van der Waals surface area contributed by atoms with Crippen LogP contribution in [0.25, 0.3) is 0 Å². The predicted octanol–water partition coefficient (Wildman–Crippen LogP) is 5.83. The number of hydroxylamine groups is 2. The van der Waals surface area contributed by atoms with Crippen LogP contribution in [0, 0.1) is 5.41 Å². The first-order chi connectivity index (χ1) is 14.0. The van der Waals surface area contributed by atoms with Crippen molar-refractivity contribution < 1.29 is 67.0 Å². The van der Waals surface area contributed by atoms with Crippen LogP contribution in [0.3, 0.4) is 0 Å². The van der Waals surface area contributed by atoms with Crippen molar-refractivity contribution >= 4 is 0 Å². The second-order valence-electron chi connectivity index (χ2n) is 8.33. The topological polar surface area (TPSA) is 34.2 Å². The van der Waals surface area contributed by atoms with E-state index in [0.717, 1.165) is 0 Å². The minimum atomic E-state index is -5.98. The highest BCUT2D eigenvalue weighted by Crippen LogP contribution is 2.55. The monoisotopic (exact) mass is 520 g/mol. The molecule has 0 aromatic carbocycles. The van der Waals surface area contributed by atoms with Crippen LogP contribution in [-0.2, 0) is 14.3 Å². The van der Waals surface area contributed by atoms with Gasteiger partial charge < -0.3 is 0 Å². The Balaban J connectivity index is 6.05.